The van der Waals surface area contributed by atoms with Crippen molar-refractivity contribution in [2.75, 3.05) is 13.2 Å². The Morgan fingerprint density at radius 1 is 1.35 bits per heavy atom. The van der Waals surface area contributed by atoms with Crippen molar-refractivity contribution < 1.29 is 29.4 Å². The molecule has 1 amide bonds. The molecule has 3 N–H and O–H groups in total. The molecule has 146 valence electrons. The van der Waals surface area contributed by atoms with E-state index < -0.39 is 28.8 Å². The lowest BCUT2D eigenvalue weighted by atomic mass is 10.0. The molecular formula is C17H26N2O7. The van der Waals surface area contributed by atoms with Gasteiger partial charge in [-0.2, -0.15) is 0 Å². The molecule has 1 rings (SSSR count). The van der Waals surface area contributed by atoms with Crippen molar-refractivity contribution >= 4 is 11.8 Å². The summed E-state index contributed by atoms with van der Waals surface area (Å²) in [6.07, 6.45) is -3.28. The van der Waals surface area contributed by atoms with E-state index in [2.05, 4.69) is 5.32 Å². The van der Waals surface area contributed by atoms with Crippen molar-refractivity contribution in [1.82, 2.24) is 5.32 Å². The number of aliphatic hydroxyl groups is 2. The van der Waals surface area contributed by atoms with Crippen molar-refractivity contribution in [2.45, 2.75) is 51.9 Å². The van der Waals surface area contributed by atoms with Crippen LogP contribution in [0, 0.1) is 10.1 Å². The van der Waals surface area contributed by atoms with E-state index >= 15 is 0 Å². The van der Waals surface area contributed by atoms with Gasteiger partial charge in [0.2, 0.25) is 0 Å². The van der Waals surface area contributed by atoms with Crippen molar-refractivity contribution in [3.63, 3.8) is 0 Å². The van der Waals surface area contributed by atoms with Crippen molar-refractivity contribution in [1.29, 1.82) is 0 Å². The third-order valence-electron chi connectivity index (χ3n) is 3.30. The molecule has 0 aliphatic carbocycles. The molecule has 1 aromatic carbocycles. The number of aliphatic hydroxyl groups excluding tert-OH is 2. The molecule has 0 aromatic heterocycles. The molecular weight excluding hydrogens is 344 g/mol. The third-order valence-corrected chi connectivity index (χ3v) is 3.30. The van der Waals surface area contributed by atoms with Crippen LogP contribution in [0.15, 0.2) is 18.2 Å². The molecule has 0 radical (unpaired) electrons. The van der Waals surface area contributed by atoms with Crippen molar-refractivity contribution in [2.24, 2.45) is 0 Å². The molecule has 0 fully saturated rings. The molecule has 2 unspecified atom stereocenters. The minimum atomic E-state index is -1.41. The fourth-order valence-electron chi connectivity index (χ4n) is 2.17. The zero-order chi connectivity index (χ0) is 19.9. The van der Waals surface area contributed by atoms with Crippen LogP contribution in [-0.4, -0.2) is 46.1 Å². The number of nitrogens with zero attached hydrogens (tertiary/aromatic N) is 1. The van der Waals surface area contributed by atoms with E-state index in [-0.39, 0.29) is 30.0 Å². The number of rotatable bonds is 8. The molecule has 26 heavy (non-hydrogen) atoms. The van der Waals surface area contributed by atoms with E-state index in [9.17, 15) is 25.1 Å². The van der Waals surface area contributed by atoms with Crippen LogP contribution in [-0.2, 0) is 4.74 Å². The largest absolute Gasteiger partial charge is 0.493 e. The second-order valence-corrected chi connectivity index (χ2v) is 6.64. The number of alkyl carbamates (subject to hydrolysis) is 1. The van der Waals surface area contributed by atoms with Gasteiger partial charge >= 0.3 is 6.09 Å². The number of benzene rings is 1. The summed E-state index contributed by atoms with van der Waals surface area (Å²) in [6.45, 7) is 7.27. The molecule has 0 saturated heterocycles. The van der Waals surface area contributed by atoms with Gasteiger partial charge in [-0.3, -0.25) is 10.1 Å². The SMILES string of the molecule is CCOc1ccc([N+](=O)[O-])cc1C(O)C(O)CCNC(=O)OC(C)(C)C. The Bertz CT molecular complexity index is 628. The highest BCUT2D eigenvalue weighted by molar-refractivity contribution is 5.67. The topological polar surface area (TPSA) is 131 Å². The summed E-state index contributed by atoms with van der Waals surface area (Å²) in [5.74, 6) is 0.254. The maximum absolute atomic E-state index is 11.6. The van der Waals surface area contributed by atoms with E-state index in [0.29, 0.717) is 6.61 Å². The third kappa shape index (κ3) is 6.85. The first-order chi connectivity index (χ1) is 12.0. The second kappa shape index (κ2) is 9.35. The average molecular weight is 370 g/mol. The van der Waals surface area contributed by atoms with Gasteiger partial charge in [-0.05, 0) is 40.2 Å². The monoisotopic (exact) mass is 370 g/mol. The fourth-order valence-corrected chi connectivity index (χ4v) is 2.17. The number of nitro benzene ring substituents is 1. The van der Waals surface area contributed by atoms with E-state index in [1.165, 1.54) is 18.2 Å². The zero-order valence-electron chi connectivity index (χ0n) is 15.4. The van der Waals surface area contributed by atoms with Gasteiger partial charge in [-0.1, -0.05) is 0 Å². The summed E-state index contributed by atoms with van der Waals surface area (Å²) < 4.78 is 10.4. The summed E-state index contributed by atoms with van der Waals surface area (Å²) in [4.78, 5) is 21.9. The number of amides is 1. The van der Waals surface area contributed by atoms with Gasteiger partial charge in [0.1, 0.15) is 17.5 Å². The lowest BCUT2D eigenvalue weighted by Crippen LogP contribution is -2.34. The van der Waals surface area contributed by atoms with Crippen molar-refractivity contribution in [3.8, 4) is 5.75 Å². The predicted molar refractivity (Wildman–Crippen MR) is 94.1 cm³/mol. The number of hydrogen-bond acceptors (Lipinski definition) is 7. The molecule has 0 saturated carbocycles. The molecule has 0 bridgehead atoms. The molecule has 0 heterocycles. The number of nitro groups is 1. The molecule has 9 heteroatoms. The van der Waals surface area contributed by atoms with Gasteiger partial charge in [0.05, 0.1) is 17.6 Å². The highest BCUT2D eigenvalue weighted by Crippen LogP contribution is 2.32. The van der Waals surface area contributed by atoms with Gasteiger partial charge in [-0.15, -0.1) is 0 Å². The Morgan fingerprint density at radius 3 is 2.54 bits per heavy atom. The number of ether oxygens (including phenoxy) is 2. The van der Waals surface area contributed by atoms with Crippen LogP contribution in [0.5, 0.6) is 5.75 Å². The van der Waals surface area contributed by atoms with Crippen LogP contribution < -0.4 is 10.1 Å². The quantitative estimate of drug-likeness (QED) is 0.472. The zero-order valence-corrected chi connectivity index (χ0v) is 15.4. The van der Waals surface area contributed by atoms with Gasteiger partial charge < -0.3 is 25.0 Å². The predicted octanol–water partition coefficient (Wildman–Crippen LogP) is 2.30. The Balaban J connectivity index is 2.75. The Kier molecular flexibility index (Phi) is 7.78. The van der Waals surface area contributed by atoms with E-state index in [1.807, 2.05) is 0 Å². The molecule has 0 aliphatic rings. The highest BCUT2D eigenvalue weighted by Gasteiger charge is 2.25. The maximum atomic E-state index is 11.6. The minimum Gasteiger partial charge on any atom is -0.493 e. The average Bonchev–Trinajstić information content (AvgIpc) is 2.52. The Labute approximate surface area is 152 Å². The van der Waals surface area contributed by atoms with E-state index in [4.69, 9.17) is 9.47 Å². The van der Waals surface area contributed by atoms with Crippen molar-refractivity contribution in [3.05, 3.63) is 33.9 Å². The van der Waals surface area contributed by atoms with E-state index in [0.717, 1.165) is 0 Å². The van der Waals surface area contributed by atoms with Crippen LogP contribution in [0.1, 0.15) is 45.8 Å². The van der Waals surface area contributed by atoms with Crippen LogP contribution in [0.3, 0.4) is 0 Å². The molecule has 2 atom stereocenters. The molecule has 9 nitrogen and oxygen atoms in total. The highest BCUT2D eigenvalue weighted by atomic mass is 16.6. The van der Waals surface area contributed by atoms with Gasteiger partial charge in [-0.25, -0.2) is 4.79 Å². The number of carbonyl (C=O) groups is 1. The standard InChI is InChI=1S/C17H26N2O7/c1-5-25-14-7-6-11(19(23)24)10-12(14)15(21)13(20)8-9-18-16(22)26-17(2,3)4/h6-7,10,13,15,20-21H,5,8-9H2,1-4H3,(H,18,22). The number of non-ortho nitro benzene ring substituents is 1. The van der Waals surface area contributed by atoms with Gasteiger partial charge in [0.25, 0.3) is 5.69 Å². The summed E-state index contributed by atoms with van der Waals surface area (Å²) in [6, 6.07) is 3.81. The van der Waals surface area contributed by atoms with Crippen LogP contribution in [0.25, 0.3) is 0 Å². The summed E-state index contributed by atoms with van der Waals surface area (Å²) in [7, 11) is 0. The Hall–Kier alpha value is -2.39. The lowest BCUT2D eigenvalue weighted by Gasteiger charge is -2.22. The normalized spacial score (nSPS) is 13.6. The minimum absolute atomic E-state index is 0.0225. The fraction of sp³-hybridized carbons (Fsp3) is 0.588. The van der Waals surface area contributed by atoms with Gasteiger partial charge in [0.15, 0.2) is 0 Å². The van der Waals surface area contributed by atoms with Crippen LogP contribution in [0.4, 0.5) is 10.5 Å². The smallest absolute Gasteiger partial charge is 0.407 e. The number of carbonyl (C=O) groups excluding carboxylic acids is 1. The first-order valence-corrected chi connectivity index (χ1v) is 8.29. The lowest BCUT2D eigenvalue weighted by molar-refractivity contribution is -0.385. The Morgan fingerprint density at radius 2 is 2.00 bits per heavy atom. The maximum Gasteiger partial charge on any atom is 0.407 e. The first-order valence-electron chi connectivity index (χ1n) is 8.29. The molecule has 1 aromatic rings. The van der Waals surface area contributed by atoms with E-state index in [1.54, 1.807) is 27.7 Å². The summed E-state index contributed by atoms with van der Waals surface area (Å²) in [5, 5.41) is 33.9. The second-order valence-electron chi connectivity index (χ2n) is 6.64. The van der Waals surface area contributed by atoms with Crippen LogP contribution in [0.2, 0.25) is 0 Å². The van der Waals surface area contributed by atoms with Crippen LogP contribution >= 0.6 is 0 Å². The van der Waals surface area contributed by atoms with Gasteiger partial charge in [0, 0.05) is 24.2 Å². The summed E-state index contributed by atoms with van der Waals surface area (Å²) in [5.41, 5.74) is -0.746. The first kappa shape index (κ1) is 21.7. The molecule has 0 aliphatic heterocycles. The number of hydrogen-bond donors (Lipinski definition) is 3. The number of nitrogens with one attached hydrogen (secondary N) is 1. The summed E-state index contributed by atoms with van der Waals surface area (Å²) >= 11 is 0. The molecule has 0 spiro atoms.